The molecule has 1 aliphatic rings. The van der Waals surface area contributed by atoms with Crippen molar-refractivity contribution in [2.45, 2.75) is 12.3 Å². The highest BCUT2D eigenvalue weighted by molar-refractivity contribution is 5.93. The third-order valence-corrected chi connectivity index (χ3v) is 5.60. The molecule has 1 aliphatic heterocycles. The lowest BCUT2D eigenvalue weighted by molar-refractivity contribution is 0.0697. The lowest BCUT2D eigenvalue weighted by atomic mass is 9.92. The zero-order chi connectivity index (χ0) is 21.8. The number of hydrogen-bond acceptors (Lipinski definition) is 6. The second-order valence-electron chi connectivity index (χ2n) is 7.42. The van der Waals surface area contributed by atoms with Crippen LogP contribution in [0.3, 0.4) is 0 Å². The number of methoxy groups -OCH3 is 1. The van der Waals surface area contributed by atoms with Crippen molar-refractivity contribution < 1.29 is 19.4 Å². The van der Waals surface area contributed by atoms with Crippen LogP contribution in [0.4, 0.5) is 17.1 Å². The molecule has 2 heterocycles. The minimum Gasteiger partial charge on any atom is -0.497 e. The third-order valence-electron chi connectivity index (χ3n) is 5.60. The summed E-state index contributed by atoms with van der Waals surface area (Å²) in [5.41, 5.74) is 3.94. The first kappa shape index (κ1) is 20.5. The van der Waals surface area contributed by atoms with Crippen molar-refractivity contribution in [3.8, 4) is 11.5 Å². The van der Waals surface area contributed by atoms with Gasteiger partial charge in [0.1, 0.15) is 11.5 Å². The molecule has 0 bridgehead atoms. The van der Waals surface area contributed by atoms with Crippen LogP contribution in [0, 0.1) is 0 Å². The molecule has 3 aromatic rings. The number of ether oxygens (including phenoxy) is 2. The van der Waals surface area contributed by atoms with Crippen LogP contribution in [-0.4, -0.2) is 43.4 Å². The predicted molar refractivity (Wildman–Crippen MR) is 120 cm³/mol. The van der Waals surface area contributed by atoms with Crippen molar-refractivity contribution in [1.29, 1.82) is 0 Å². The van der Waals surface area contributed by atoms with Gasteiger partial charge >= 0.3 is 5.97 Å². The van der Waals surface area contributed by atoms with E-state index in [-0.39, 0.29) is 11.5 Å². The zero-order valence-electron chi connectivity index (χ0n) is 17.5. The first-order valence-corrected chi connectivity index (χ1v) is 10.1. The molecule has 7 nitrogen and oxygen atoms in total. The van der Waals surface area contributed by atoms with Gasteiger partial charge in [-0.25, -0.2) is 4.79 Å². The Morgan fingerprint density at radius 1 is 1.23 bits per heavy atom. The number of nitrogens with one attached hydrogen (secondary N) is 1. The first-order chi connectivity index (χ1) is 15.1. The summed E-state index contributed by atoms with van der Waals surface area (Å²) in [4.78, 5) is 17.6. The fraction of sp³-hybridized carbons (Fsp3) is 0.250. The second-order valence-corrected chi connectivity index (χ2v) is 7.42. The number of fused-ring (bicyclic) bond motifs is 1. The first-order valence-electron chi connectivity index (χ1n) is 10.1. The molecule has 0 radical (unpaired) electrons. The molecule has 0 fully saturated rings. The van der Waals surface area contributed by atoms with Gasteiger partial charge in [-0.3, -0.25) is 4.98 Å². The highest BCUT2D eigenvalue weighted by Gasteiger charge is 2.23. The minimum atomic E-state index is -0.969. The van der Waals surface area contributed by atoms with Gasteiger partial charge in [-0.05, 0) is 48.4 Å². The van der Waals surface area contributed by atoms with Crippen molar-refractivity contribution in [1.82, 2.24) is 4.98 Å². The predicted octanol–water partition coefficient (Wildman–Crippen LogP) is 4.53. The number of carboxylic acid groups (broad SMARTS) is 1. The largest absolute Gasteiger partial charge is 0.497 e. The molecule has 2 aromatic carbocycles. The van der Waals surface area contributed by atoms with Crippen LogP contribution in [0.2, 0.25) is 0 Å². The van der Waals surface area contributed by atoms with Gasteiger partial charge in [-0.1, -0.05) is 6.07 Å². The maximum Gasteiger partial charge on any atom is 0.337 e. The number of benzene rings is 2. The van der Waals surface area contributed by atoms with Crippen LogP contribution >= 0.6 is 0 Å². The highest BCUT2D eigenvalue weighted by atomic mass is 16.5. The van der Waals surface area contributed by atoms with Gasteiger partial charge in [-0.2, -0.15) is 0 Å². The van der Waals surface area contributed by atoms with E-state index in [1.165, 1.54) is 12.3 Å². The summed E-state index contributed by atoms with van der Waals surface area (Å²) in [6.45, 7) is 1.23. The van der Waals surface area contributed by atoms with Crippen LogP contribution in [-0.2, 0) is 0 Å². The number of nitrogens with zero attached hydrogens (tertiary/aromatic N) is 2. The van der Waals surface area contributed by atoms with Crippen molar-refractivity contribution >= 4 is 23.0 Å². The molecule has 1 atom stereocenters. The Morgan fingerprint density at radius 3 is 2.74 bits per heavy atom. The standard InChI is InChI=1S/C24H25N3O4/c1-27(17-3-6-19(30-2)7-4-17)18-5-8-20-16(10-12-31-23(20)13-18)14-26-22-15-25-11-9-21(22)24(28)29/h3-9,11,13,15-16,26H,10,12,14H2,1-2H3,(H,28,29)/t16-/m0/s1. The summed E-state index contributed by atoms with van der Waals surface area (Å²) in [5, 5.41) is 12.6. The van der Waals surface area contributed by atoms with Crippen molar-refractivity contribution in [3.05, 3.63) is 72.1 Å². The average molecular weight is 419 g/mol. The highest BCUT2D eigenvalue weighted by Crippen LogP contribution is 2.38. The van der Waals surface area contributed by atoms with Crippen LogP contribution in [0.5, 0.6) is 11.5 Å². The third kappa shape index (κ3) is 4.40. The van der Waals surface area contributed by atoms with Crippen LogP contribution in [0.1, 0.15) is 28.3 Å². The van der Waals surface area contributed by atoms with Crippen LogP contribution < -0.4 is 19.7 Å². The van der Waals surface area contributed by atoms with Crippen LogP contribution in [0.15, 0.2) is 60.9 Å². The normalized spacial score (nSPS) is 14.8. The number of pyridine rings is 1. The van der Waals surface area contributed by atoms with Crippen molar-refractivity contribution in [2.75, 3.05) is 37.5 Å². The van der Waals surface area contributed by atoms with Gasteiger partial charge in [0.25, 0.3) is 0 Å². The number of carboxylic acids is 1. The molecular weight excluding hydrogens is 394 g/mol. The SMILES string of the molecule is COc1ccc(N(C)c2ccc3c(c2)OCC[C@H]3CNc2cnccc2C(=O)O)cc1. The smallest absolute Gasteiger partial charge is 0.337 e. The molecule has 1 aromatic heterocycles. The molecule has 0 amide bonds. The molecular formula is C24H25N3O4. The van der Waals surface area contributed by atoms with E-state index in [4.69, 9.17) is 9.47 Å². The summed E-state index contributed by atoms with van der Waals surface area (Å²) in [6.07, 6.45) is 3.90. The zero-order valence-corrected chi connectivity index (χ0v) is 17.5. The molecule has 0 saturated carbocycles. The summed E-state index contributed by atoms with van der Waals surface area (Å²) in [5.74, 6) is 0.927. The Hall–Kier alpha value is -3.74. The number of aromatic nitrogens is 1. The Morgan fingerprint density at radius 2 is 2.00 bits per heavy atom. The van der Waals surface area contributed by atoms with Gasteiger partial charge in [-0.15, -0.1) is 0 Å². The molecule has 0 saturated heterocycles. The molecule has 160 valence electrons. The van der Waals surface area contributed by atoms with Crippen molar-refractivity contribution in [2.24, 2.45) is 0 Å². The Labute approximate surface area is 181 Å². The molecule has 0 aliphatic carbocycles. The molecule has 7 heteroatoms. The maximum absolute atomic E-state index is 11.4. The van der Waals surface area contributed by atoms with Gasteiger partial charge in [0.05, 0.1) is 31.2 Å². The van der Waals surface area contributed by atoms with E-state index in [9.17, 15) is 9.90 Å². The lowest BCUT2D eigenvalue weighted by Crippen LogP contribution is -2.22. The second kappa shape index (κ2) is 8.95. The van der Waals surface area contributed by atoms with Crippen molar-refractivity contribution in [3.63, 3.8) is 0 Å². The van der Waals surface area contributed by atoms with Gasteiger partial charge in [0.15, 0.2) is 0 Å². The monoisotopic (exact) mass is 419 g/mol. The van der Waals surface area contributed by atoms with E-state index in [2.05, 4.69) is 33.4 Å². The number of hydrogen-bond donors (Lipinski definition) is 2. The lowest BCUT2D eigenvalue weighted by Gasteiger charge is -2.28. The molecule has 0 unspecified atom stereocenters. The van der Waals surface area contributed by atoms with E-state index >= 15 is 0 Å². The van der Waals surface area contributed by atoms with Gasteiger partial charge < -0.3 is 24.8 Å². The summed E-state index contributed by atoms with van der Waals surface area (Å²) < 4.78 is 11.2. The Bertz CT molecular complexity index is 1070. The number of anilines is 3. The topological polar surface area (TPSA) is 83.9 Å². The fourth-order valence-electron chi connectivity index (χ4n) is 3.78. The van der Waals surface area contributed by atoms with E-state index in [0.29, 0.717) is 18.8 Å². The molecule has 4 rings (SSSR count). The summed E-state index contributed by atoms with van der Waals surface area (Å²) in [6, 6.07) is 15.6. The number of aromatic carboxylic acids is 1. The Kier molecular flexibility index (Phi) is 5.93. The molecule has 2 N–H and O–H groups in total. The van der Waals surface area contributed by atoms with E-state index in [1.807, 2.05) is 31.3 Å². The average Bonchev–Trinajstić information content (AvgIpc) is 2.82. The van der Waals surface area contributed by atoms with E-state index in [0.717, 1.165) is 34.9 Å². The summed E-state index contributed by atoms with van der Waals surface area (Å²) in [7, 11) is 3.67. The number of carbonyl (C=O) groups is 1. The Balaban J connectivity index is 1.51. The minimum absolute atomic E-state index is 0.214. The van der Waals surface area contributed by atoms with Gasteiger partial charge in [0.2, 0.25) is 0 Å². The van der Waals surface area contributed by atoms with Crippen LogP contribution in [0.25, 0.3) is 0 Å². The fourth-order valence-corrected chi connectivity index (χ4v) is 3.78. The molecule has 0 spiro atoms. The maximum atomic E-state index is 11.4. The number of rotatable bonds is 7. The summed E-state index contributed by atoms with van der Waals surface area (Å²) >= 11 is 0. The van der Waals surface area contributed by atoms with Gasteiger partial charge in [0, 0.05) is 43.1 Å². The molecule has 31 heavy (non-hydrogen) atoms. The van der Waals surface area contributed by atoms with E-state index < -0.39 is 5.97 Å². The quantitative estimate of drug-likeness (QED) is 0.582. The van der Waals surface area contributed by atoms with E-state index in [1.54, 1.807) is 13.3 Å².